The lowest BCUT2D eigenvalue weighted by Gasteiger charge is -2.36. The number of hydrogen-bond donors (Lipinski definition) is 1. The van der Waals surface area contributed by atoms with Gasteiger partial charge in [0.05, 0.1) is 6.61 Å². The van der Waals surface area contributed by atoms with Crippen LogP contribution in [0.15, 0.2) is 140 Å². The number of esters is 1. The summed E-state index contributed by atoms with van der Waals surface area (Å²) in [7, 11) is 0. The highest BCUT2D eigenvalue weighted by atomic mass is 16.5. The van der Waals surface area contributed by atoms with Crippen LogP contribution >= 0.6 is 0 Å². The number of benzene rings is 5. The molecule has 0 spiro atoms. The van der Waals surface area contributed by atoms with Gasteiger partial charge in [0, 0.05) is 18.5 Å². The molecule has 0 aliphatic heterocycles. The zero-order valence-corrected chi connectivity index (χ0v) is 28.7. The first-order valence-corrected chi connectivity index (χ1v) is 17.2. The van der Waals surface area contributed by atoms with Crippen molar-refractivity contribution in [3.05, 3.63) is 173 Å². The van der Waals surface area contributed by atoms with Crippen molar-refractivity contribution in [3.8, 4) is 22.5 Å². The number of ether oxygens (including phenoxy) is 1. The van der Waals surface area contributed by atoms with Crippen LogP contribution in [0.3, 0.4) is 0 Å². The van der Waals surface area contributed by atoms with Gasteiger partial charge in [0.2, 0.25) is 0 Å². The summed E-state index contributed by atoms with van der Waals surface area (Å²) in [5.41, 5.74) is 12.6. The average Bonchev–Trinajstić information content (AvgIpc) is 3.78. The number of aromatic nitrogens is 6. The average molecular weight is 674 g/mol. The summed E-state index contributed by atoms with van der Waals surface area (Å²) in [4.78, 5) is 17.4. The second-order valence-electron chi connectivity index (χ2n) is 12.3. The number of anilines is 1. The smallest absolute Gasteiger partial charge is 0.358 e. The quantitative estimate of drug-likeness (QED) is 0.104. The third-order valence-electron chi connectivity index (χ3n) is 9.15. The summed E-state index contributed by atoms with van der Waals surface area (Å²) in [6.07, 6.45) is 1.56. The minimum absolute atomic E-state index is 0.192. The highest BCUT2D eigenvalue weighted by Gasteiger charge is 2.42. The Hall–Kier alpha value is -6.35. The van der Waals surface area contributed by atoms with Gasteiger partial charge in [0.25, 0.3) is 0 Å². The maximum absolute atomic E-state index is 12.9. The number of nitrogens with zero attached hydrogens (tertiary/aromatic N) is 6. The number of rotatable bonds is 12. The number of nitrogen functional groups attached to an aromatic ring is 1. The minimum Gasteiger partial charge on any atom is -0.461 e. The van der Waals surface area contributed by atoms with Crippen LogP contribution in [0, 0.1) is 0 Å². The van der Waals surface area contributed by atoms with Crippen LogP contribution in [0.2, 0.25) is 0 Å². The number of tetrazole rings is 1. The first-order chi connectivity index (χ1) is 25.1. The van der Waals surface area contributed by atoms with E-state index in [1.165, 1.54) is 0 Å². The third kappa shape index (κ3) is 6.18. The molecule has 0 saturated heterocycles. The van der Waals surface area contributed by atoms with E-state index in [9.17, 15) is 4.79 Å². The number of aryl methyl sites for hydroxylation is 1. The van der Waals surface area contributed by atoms with E-state index in [-0.39, 0.29) is 12.4 Å². The van der Waals surface area contributed by atoms with Crippen molar-refractivity contribution in [2.24, 2.45) is 0 Å². The zero-order chi connectivity index (χ0) is 35.2. The fourth-order valence-electron chi connectivity index (χ4n) is 6.91. The molecular formula is C42H39N7O2. The van der Waals surface area contributed by atoms with Gasteiger partial charge in [-0.2, -0.15) is 0 Å². The van der Waals surface area contributed by atoms with Crippen LogP contribution in [0.5, 0.6) is 0 Å². The SMILES string of the molecule is CCCc1nc(N)c(C(=O)OCC)n1Cc1ccc(-c2ccccc2-c2nnnn2C(c2ccccc2)(c2ccccc2)c2ccccc2)cc1. The van der Waals surface area contributed by atoms with E-state index in [0.29, 0.717) is 24.5 Å². The monoisotopic (exact) mass is 673 g/mol. The Kier molecular flexibility index (Phi) is 9.52. The van der Waals surface area contributed by atoms with Gasteiger partial charge in [-0.1, -0.05) is 146 Å². The van der Waals surface area contributed by atoms with Crippen molar-refractivity contribution in [1.82, 2.24) is 29.8 Å². The van der Waals surface area contributed by atoms with Crippen molar-refractivity contribution in [2.75, 3.05) is 12.3 Å². The Morgan fingerprint density at radius 3 is 1.82 bits per heavy atom. The van der Waals surface area contributed by atoms with E-state index in [4.69, 9.17) is 20.8 Å². The highest BCUT2D eigenvalue weighted by molar-refractivity contribution is 5.92. The standard InChI is InChI=1S/C42H39N7O2/c1-3-16-37-44-39(43)38(41(50)51-4-2)48(37)29-30-25-27-31(28-26-30)35-23-14-15-24-36(35)40-45-46-47-49(40)42(32-17-8-5-9-18-32,33-19-10-6-11-20-33)34-21-12-7-13-22-34/h5-15,17-28H,3-4,16,29,43H2,1-2H3. The molecule has 0 unspecified atom stereocenters. The van der Waals surface area contributed by atoms with E-state index < -0.39 is 11.5 Å². The molecule has 0 fully saturated rings. The van der Waals surface area contributed by atoms with E-state index >= 15 is 0 Å². The maximum Gasteiger partial charge on any atom is 0.358 e. The molecule has 2 aromatic heterocycles. The fraction of sp³-hybridized carbons (Fsp3) is 0.167. The van der Waals surface area contributed by atoms with Crippen molar-refractivity contribution in [3.63, 3.8) is 0 Å². The van der Waals surface area contributed by atoms with Gasteiger partial charge in [-0.05, 0) is 57.2 Å². The molecule has 51 heavy (non-hydrogen) atoms. The molecular weight excluding hydrogens is 635 g/mol. The number of carbonyl (C=O) groups is 1. The molecule has 7 rings (SSSR count). The Balaban J connectivity index is 1.33. The predicted octanol–water partition coefficient (Wildman–Crippen LogP) is 7.80. The normalized spacial score (nSPS) is 11.4. The van der Waals surface area contributed by atoms with Gasteiger partial charge in [-0.15, -0.1) is 5.10 Å². The zero-order valence-electron chi connectivity index (χ0n) is 28.7. The molecule has 0 amide bonds. The summed E-state index contributed by atoms with van der Waals surface area (Å²) in [5, 5.41) is 13.7. The van der Waals surface area contributed by atoms with Gasteiger partial charge in [-0.25, -0.2) is 14.5 Å². The lowest BCUT2D eigenvalue weighted by molar-refractivity contribution is 0.0515. The largest absolute Gasteiger partial charge is 0.461 e. The predicted molar refractivity (Wildman–Crippen MR) is 199 cm³/mol. The maximum atomic E-state index is 12.9. The van der Waals surface area contributed by atoms with Crippen LogP contribution in [-0.4, -0.2) is 42.3 Å². The van der Waals surface area contributed by atoms with Gasteiger partial charge in [0.15, 0.2) is 17.3 Å². The van der Waals surface area contributed by atoms with Crippen LogP contribution in [0.1, 0.15) is 58.8 Å². The molecule has 5 aromatic carbocycles. The Morgan fingerprint density at radius 2 is 1.27 bits per heavy atom. The van der Waals surface area contributed by atoms with Crippen LogP contribution in [-0.2, 0) is 23.2 Å². The van der Waals surface area contributed by atoms with Crippen LogP contribution in [0.4, 0.5) is 5.82 Å². The van der Waals surface area contributed by atoms with E-state index in [1.54, 1.807) is 6.92 Å². The molecule has 2 heterocycles. The summed E-state index contributed by atoms with van der Waals surface area (Å²) >= 11 is 0. The van der Waals surface area contributed by atoms with E-state index in [2.05, 4.69) is 126 Å². The molecule has 7 aromatic rings. The van der Waals surface area contributed by atoms with Crippen molar-refractivity contribution < 1.29 is 9.53 Å². The third-order valence-corrected chi connectivity index (χ3v) is 9.15. The number of hydrogen-bond acceptors (Lipinski definition) is 7. The molecule has 2 N–H and O–H groups in total. The van der Waals surface area contributed by atoms with Crippen molar-refractivity contribution >= 4 is 11.8 Å². The Morgan fingerprint density at radius 1 is 0.725 bits per heavy atom. The molecule has 254 valence electrons. The van der Waals surface area contributed by atoms with Gasteiger partial charge >= 0.3 is 5.97 Å². The van der Waals surface area contributed by atoms with Crippen molar-refractivity contribution in [2.45, 2.75) is 38.8 Å². The molecule has 0 radical (unpaired) electrons. The second kappa shape index (κ2) is 14.6. The summed E-state index contributed by atoms with van der Waals surface area (Å²) in [6, 6.07) is 47.6. The number of nitrogens with two attached hydrogens (primary N) is 1. The first-order valence-electron chi connectivity index (χ1n) is 17.2. The summed E-state index contributed by atoms with van der Waals surface area (Å²) in [6.45, 7) is 4.54. The number of imidazole rings is 1. The molecule has 9 heteroatoms. The molecule has 0 aliphatic carbocycles. The van der Waals surface area contributed by atoms with Crippen LogP contribution < -0.4 is 5.73 Å². The fourth-order valence-corrected chi connectivity index (χ4v) is 6.91. The lowest BCUT2D eigenvalue weighted by atomic mass is 9.77. The van der Waals surface area contributed by atoms with E-state index in [1.807, 2.05) is 39.6 Å². The van der Waals surface area contributed by atoms with Gasteiger partial charge in [0.1, 0.15) is 11.4 Å². The van der Waals surface area contributed by atoms with Crippen molar-refractivity contribution in [1.29, 1.82) is 0 Å². The van der Waals surface area contributed by atoms with Crippen LogP contribution in [0.25, 0.3) is 22.5 Å². The summed E-state index contributed by atoms with van der Waals surface area (Å²) < 4.78 is 9.16. The lowest BCUT2D eigenvalue weighted by Crippen LogP contribution is -2.39. The Bertz CT molecular complexity index is 2130. The molecule has 0 bridgehead atoms. The molecule has 0 saturated carbocycles. The number of carbonyl (C=O) groups excluding carboxylic acids is 1. The van der Waals surface area contributed by atoms with Gasteiger partial charge < -0.3 is 15.0 Å². The highest BCUT2D eigenvalue weighted by Crippen LogP contribution is 2.43. The Labute approximate surface area is 297 Å². The summed E-state index contributed by atoms with van der Waals surface area (Å²) in [5.74, 6) is 1.12. The van der Waals surface area contributed by atoms with Gasteiger partial charge in [-0.3, -0.25) is 0 Å². The first kappa shape index (κ1) is 33.2. The van der Waals surface area contributed by atoms with E-state index in [0.717, 1.165) is 51.2 Å². The second-order valence-corrected chi connectivity index (χ2v) is 12.3. The molecule has 9 nitrogen and oxygen atoms in total. The molecule has 0 aliphatic rings. The minimum atomic E-state index is -0.876. The molecule has 0 atom stereocenters. The topological polar surface area (TPSA) is 114 Å².